The lowest BCUT2D eigenvalue weighted by Gasteiger charge is -2.32. The third-order valence-corrected chi connectivity index (χ3v) is 6.44. The monoisotopic (exact) mass is 416 g/mol. The second-order valence-corrected chi connectivity index (χ2v) is 8.63. The Morgan fingerprint density at radius 1 is 1.19 bits per heavy atom. The van der Waals surface area contributed by atoms with Crippen molar-refractivity contribution in [3.8, 4) is 0 Å². The largest absolute Gasteiger partial charge is 0.342 e. The minimum absolute atomic E-state index is 0.205. The number of benzene rings is 1. The van der Waals surface area contributed by atoms with Crippen molar-refractivity contribution in [1.29, 1.82) is 0 Å². The fourth-order valence-corrected chi connectivity index (χ4v) is 4.79. The molecular weight excluding hydrogens is 388 g/mol. The molecule has 1 N–H and O–H groups in total. The van der Waals surface area contributed by atoms with E-state index < -0.39 is 0 Å². The molecule has 1 aliphatic rings. The van der Waals surface area contributed by atoms with E-state index in [4.69, 9.17) is 4.98 Å². The highest BCUT2D eigenvalue weighted by molar-refractivity contribution is 5.77. The summed E-state index contributed by atoms with van der Waals surface area (Å²) in [5.74, 6) is 1.46. The van der Waals surface area contributed by atoms with Gasteiger partial charge in [0.2, 0.25) is 5.91 Å². The first-order valence-corrected chi connectivity index (χ1v) is 11.0. The van der Waals surface area contributed by atoms with Crippen molar-refractivity contribution in [2.75, 3.05) is 13.1 Å². The van der Waals surface area contributed by atoms with Crippen LogP contribution in [0.15, 0.2) is 30.3 Å². The van der Waals surface area contributed by atoms with Crippen LogP contribution in [0.25, 0.3) is 16.7 Å². The zero-order valence-corrected chi connectivity index (χ0v) is 18.4. The number of aromatic nitrogens is 5. The lowest BCUT2D eigenvalue weighted by Crippen LogP contribution is -2.39. The van der Waals surface area contributed by atoms with Crippen LogP contribution in [0.1, 0.15) is 53.7 Å². The Kier molecular flexibility index (Phi) is 4.96. The summed E-state index contributed by atoms with van der Waals surface area (Å²) in [7, 11) is 0. The number of hydrogen-bond donors (Lipinski definition) is 1. The summed E-state index contributed by atoms with van der Waals surface area (Å²) in [5.41, 5.74) is 7.04. The highest BCUT2D eigenvalue weighted by Crippen LogP contribution is 2.27. The summed E-state index contributed by atoms with van der Waals surface area (Å²) >= 11 is 0. The van der Waals surface area contributed by atoms with Gasteiger partial charge in [-0.1, -0.05) is 12.1 Å². The Balaban J connectivity index is 1.29. The number of para-hydroxylation sites is 2. The minimum Gasteiger partial charge on any atom is -0.342 e. The molecule has 1 atom stereocenters. The van der Waals surface area contributed by atoms with Gasteiger partial charge in [0, 0.05) is 42.9 Å². The maximum absolute atomic E-state index is 13.1. The van der Waals surface area contributed by atoms with Gasteiger partial charge in [-0.2, -0.15) is 5.10 Å². The quantitative estimate of drug-likeness (QED) is 0.548. The number of likely N-dealkylation sites (tertiary alicyclic amines) is 1. The average molecular weight is 417 g/mol. The highest BCUT2D eigenvalue weighted by atomic mass is 16.2. The first-order chi connectivity index (χ1) is 15.0. The Bertz CT molecular complexity index is 1240. The number of amides is 1. The molecule has 0 radical (unpaired) electrons. The number of carbonyl (C=O) groups excluding carboxylic acids is 1. The van der Waals surface area contributed by atoms with Gasteiger partial charge in [0.15, 0.2) is 5.65 Å². The molecule has 1 saturated heterocycles. The summed E-state index contributed by atoms with van der Waals surface area (Å²) in [6.07, 6.45) is 3.23. The van der Waals surface area contributed by atoms with Crippen LogP contribution in [-0.2, 0) is 11.2 Å². The fraction of sp³-hybridized carbons (Fsp3) is 0.417. The van der Waals surface area contributed by atoms with Crippen LogP contribution in [0.2, 0.25) is 0 Å². The van der Waals surface area contributed by atoms with Crippen LogP contribution >= 0.6 is 0 Å². The predicted molar refractivity (Wildman–Crippen MR) is 120 cm³/mol. The van der Waals surface area contributed by atoms with Gasteiger partial charge >= 0.3 is 0 Å². The molecular formula is C24H28N6O. The predicted octanol–water partition coefficient (Wildman–Crippen LogP) is 3.87. The second kappa shape index (κ2) is 7.80. The molecule has 1 aromatic carbocycles. The highest BCUT2D eigenvalue weighted by Gasteiger charge is 2.27. The van der Waals surface area contributed by atoms with Gasteiger partial charge in [-0.25, -0.2) is 14.5 Å². The molecule has 1 fully saturated rings. The minimum atomic E-state index is 0.205. The number of piperidine rings is 1. The van der Waals surface area contributed by atoms with E-state index in [-0.39, 0.29) is 11.8 Å². The molecule has 7 nitrogen and oxygen atoms in total. The van der Waals surface area contributed by atoms with Crippen molar-refractivity contribution in [2.24, 2.45) is 0 Å². The maximum Gasteiger partial charge on any atom is 0.222 e. The van der Waals surface area contributed by atoms with Gasteiger partial charge < -0.3 is 9.88 Å². The van der Waals surface area contributed by atoms with Crippen LogP contribution in [-0.4, -0.2) is 48.5 Å². The van der Waals surface area contributed by atoms with Crippen LogP contribution in [0.4, 0.5) is 0 Å². The van der Waals surface area contributed by atoms with E-state index in [0.717, 1.165) is 71.1 Å². The van der Waals surface area contributed by atoms with Crippen molar-refractivity contribution in [3.05, 3.63) is 58.8 Å². The smallest absolute Gasteiger partial charge is 0.222 e. The lowest BCUT2D eigenvalue weighted by molar-refractivity contribution is -0.132. The van der Waals surface area contributed by atoms with Gasteiger partial charge in [-0.3, -0.25) is 4.79 Å². The van der Waals surface area contributed by atoms with Crippen molar-refractivity contribution in [1.82, 2.24) is 29.5 Å². The standard InChI is InChI=1S/C24H28N6O/c1-15-13-22-25-16(2)19(17(3)30(22)28-15)10-11-23(31)29-12-6-7-18(14-29)24-26-20-8-4-5-9-21(20)27-24/h4-5,8-9,13,18H,6-7,10-12,14H2,1-3H3,(H,26,27)/t18-/m1/s1. The van der Waals surface area contributed by atoms with E-state index in [1.54, 1.807) is 0 Å². The summed E-state index contributed by atoms with van der Waals surface area (Å²) < 4.78 is 1.89. The number of imidazole rings is 1. The number of aromatic amines is 1. The van der Waals surface area contributed by atoms with E-state index in [2.05, 4.69) is 22.0 Å². The van der Waals surface area contributed by atoms with Gasteiger partial charge in [0.05, 0.1) is 16.7 Å². The average Bonchev–Trinajstić information content (AvgIpc) is 3.36. The molecule has 4 aromatic rings. The maximum atomic E-state index is 13.1. The molecule has 1 amide bonds. The number of H-pyrrole nitrogens is 1. The van der Waals surface area contributed by atoms with Crippen molar-refractivity contribution in [3.63, 3.8) is 0 Å². The molecule has 0 bridgehead atoms. The molecule has 5 rings (SSSR count). The van der Waals surface area contributed by atoms with E-state index in [0.29, 0.717) is 12.8 Å². The Labute approximate surface area is 181 Å². The fourth-order valence-electron chi connectivity index (χ4n) is 4.79. The SMILES string of the molecule is Cc1cc2nc(C)c(CCC(=O)N3CCC[C@@H](c4nc5ccccc5[nH]4)C3)c(C)n2n1. The van der Waals surface area contributed by atoms with Gasteiger partial charge in [-0.05, 0) is 57.7 Å². The normalized spacial score (nSPS) is 17.0. The van der Waals surface area contributed by atoms with Gasteiger partial charge in [0.1, 0.15) is 5.82 Å². The van der Waals surface area contributed by atoms with E-state index in [1.807, 2.05) is 53.6 Å². The van der Waals surface area contributed by atoms with Crippen molar-refractivity contribution < 1.29 is 4.79 Å². The Hall–Kier alpha value is -3.22. The molecule has 160 valence electrons. The number of nitrogens with one attached hydrogen (secondary N) is 1. The molecule has 0 unspecified atom stereocenters. The van der Waals surface area contributed by atoms with Gasteiger partial charge in [-0.15, -0.1) is 0 Å². The molecule has 31 heavy (non-hydrogen) atoms. The number of hydrogen-bond acceptors (Lipinski definition) is 4. The van der Waals surface area contributed by atoms with Crippen molar-refractivity contribution >= 4 is 22.6 Å². The number of rotatable bonds is 4. The second-order valence-electron chi connectivity index (χ2n) is 8.63. The van der Waals surface area contributed by atoms with E-state index in [1.165, 1.54) is 0 Å². The Morgan fingerprint density at radius 2 is 2.03 bits per heavy atom. The van der Waals surface area contributed by atoms with E-state index >= 15 is 0 Å². The molecule has 4 heterocycles. The van der Waals surface area contributed by atoms with Crippen LogP contribution in [0.3, 0.4) is 0 Å². The van der Waals surface area contributed by atoms with Gasteiger partial charge in [0.25, 0.3) is 0 Å². The zero-order valence-electron chi connectivity index (χ0n) is 18.4. The first-order valence-electron chi connectivity index (χ1n) is 11.0. The van der Waals surface area contributed by atoms with Crippen LogP contribution in [0.5, 0.6) is 0 Å². The Morgan fingerprint density at radius 3 is 2.87 bits per heavy atom. The molecule has 0 spiro atoms. The topological polar surface area (TPSA) is 79.2 Å². The lowest BCUT2D eigenvalue weighted by atomic mass is 9.96. The summed E-state index contributed by atoms with van der Waals surface area (Å²) in [6.45, 7) is 7.61. The first kappa shape index (κ1) is 19.7. The van der Waals surface area contributed by atoms with Crippen LogP contribution in [0, 0.1) is 20.8 Å². The number of nitrogens with zero attached hydrogens (tertiary/aromatic N) is 5. The molecule has 1 aliphatic heterocycles. The summed E-state index contributed by atoms with van der Waals surface area (Å²) in [6, 6.07) is 10.1. The molecule has 0 aliphatic carbocycles. The molecule has 0 saturated carbocycles. The van der Waals surface area contributed by atoms with Crippen LogP contribution < -0.4 is 0 Å². The molecule has 7 heteroatoms. The third kappa shape index (κ3) is 3.69. The van der Waals surface area contributed by atoms with E-state index in [9.17, 15) is 4.79 Å². The summed E-state index contributed by atoms with van der Waals surface area (Å²) in [4.78, 5) is 28.0. The van der Waals surface area contributed by atoms with Crippen molar-refractivity contribution in [2.45, 2.75) is 52.4 Å². The summed E-state index contributed by atoms with van der Waals surface area (Å²) in [5, 5.41) is 4.54. The number of aryl methyl sites for hydroxylation is 3. The molecule has 3 aromatic heterocycles. The zero-order chi connectivity index (χ0) is 21.5. The third-order valence-electron chi connectivity index (χ3n) is 6.44. The number of carbonyl (C=O) groups is 1. The number of fused-ring (bicyclic) bond motifs is 2.